The maximum Gasteiger partial charge on any atom is 0.251 e. The third-order valence-electron chi connectivity index (χ3n) is 3.53. The molecule has 1 aliphatic heterocycles. The zero-order chi connectivity index (χ0) is 14.5. The first-order valence-electron chi connectivity index (χ1n) is 6.62. The van der Waals surface area contributed by atoms with Crippen LogP contribution in [-0.2, 0) is 0 Å². The number of aliphatic hydroxyl groups excluding tert-OH is 1. The molecule has 0 aliphatic carbocycles. The van der Waals surface area contributed by atoms with Crippen molar-refractivity contribution in [1.29, 1.82) is 0 Å². The average Bonchev–Trinajstić information content (AvgIpc) is 2.46. The van der Waals surface area contributed by atoms with Gasteiger partial charge < -0.3 is 20.5 Å². The third-order valence-corrected chi connectivity index (χ3v) is 3.53. The molecule has 1 saturated heterocycles. The minimum absolute atomic E-state index is 0.0413. The number of methoxy groups -OCH3 is 1. The van der Waals surface area contributed by atoms with Crippen molar-refractivity contribution in [2.24, 2.45) is 5.92 Å². The summed E-state index contributed by atoms with van der Waals surface area (Å²) >= 11 is 0. The van der Waals surface area contributed by atoms with Crippen LogP contribution in [0.1, 0.15) is 16.8 Å². The van der Waals surface area contributed by atoms with E-state index in [4.69, 9.17) is 4.74 Å². The van der Waals surface area contributed by atoms with Crippen molar-refractivity contribution in [1.82, 2.24) is 10.6 Å². The monoisotopic (exact) mass is 282 g/mol. The molecule has 3 N–H and O–H groups in total. The standard InChI is InChI=1S/C14H19FN2O3/c1-20-13-6-9(2-3-11(13)15)14(19)17-7-10-4-5-16-8-12(10)18/h2-3,6,10,12,16,18H,4-5,7-8H2,1H3,(H,17,19)/t10-,12+/m0/s1. The molecule has 1 aliphatic rings. The van der Waals surface area contributed by atoms with Gasteiger partial charge in [0.1, 0.15) is 0 Å². The van der Waals surface area contributed by atoms with Crippen molar-refractivity contribution in [2.45, 2.75) is 12.5 Å². The molecule has 0 radical (unpaired) electrons. The molecule has 0 saturated carbocycles. The Labute approximate surface area is 117 Å². The van der Waals surface area contributed by atoms with Gasteiger partial charge in [-0.2, -0.15) is 0 Å². The summed E-state index contributed by atoms with van der Waals surface area (Å²) in [5.74, 6) is -0.714. The van der Waals surface area contributed by atoms with Gasteiger partial charge in [-0.15, -0.1) is 0 Å². The fourth-order valence-electron chi connectivity index (χ4n) is 2.26. The van der Waals surface area contributed by atoms with E-state index < -0.39 is 11.9 Å². The fraction of sp³-hybridized carbons (Fsp3) is 0.500. The molecule has 2 rings (SSSR count). The summed E-state index contributed by atoms with van der Waals surface area (Å²) in [7, 11) is 1.35. The fourth-order valence-corrected chi connectivity index (χ4v) is 2.26. The quantitative estimate of drug-likeness (QED) is 0.753. The number of benzene rings is 1. The zero-order valence-corrected chi connectivity index (χ0v) is 11.4. The highest BCUT2D eigenvalue weighted by Gasteiger charge is 2.23. The van der Waals surface area contributed by atoms with Crippen molar-refractivity contribution in [2.75, 3.05) is 26.7 Å². The van der Waals surface area contributed by atoms with Gasteiger partial charge in [0.05, 0.1) is 13.2 Å². The molecule has 20 heavy (non-hydrogen) atoms. The highest BCUT2D eigenvalue weighted by molar-refractivity contribution is 5.94. The van der Waals surface area contributed by atoms with Gasteiger partial charge in [-0.1, -0.05) is 0 Å². The van der Waals surface area contributed by atoms with E-state index in [1.165, 1.54) is 25.3 Å². The second kappa shape index (κ2) is 6.67. The van der Waals surface area contributed by atoms with Crippen molar-refractivity contribution in [3.05, 3.63) is 29.6 Å². The summed E-state index contributed by atoms with van der Waals surface area (Å²) in [6.45, 7) is 1.79. The number of hydrogen-bond acceptors (Lipinski definition) is 4. The molecule has 1 fully saturated rings. The Morgan fingerprint density at radius 2 is 2.40 bits per heavy atom. The molecule has 5 nitrogen and oxygen atoms in total. The molecular formula is C14H19FN2O3. The number of hydrogen-bond donors (Lipinski definition) is 3. The van der Waals surface area contributed by atoms with Crippen molar-refractivity contribution in [3.8, 4) is 5.75 Å². The summed E-state index contributed by atoms with van der Waals surface area (Å²) in [6, 6.07) is 3.97. The summed E-state index contributed by atoms with van der Waals surface area (Å²) in [5.41, 5.74) is 0.340. The van der Waals surface area contributed by atoms with E-state index in [-0.39, 0.29) is 17.6 Å². The number of ether oxygens (including phenoxy) is 1. The number of nitrogens with one attached hydrogen (secondary N) is 2. The molecule has 0 bridgehead atoms. The predicted octanol–water partition coefficient (Wildman–Crippen LogP) is 0.534. The Morgan fingerprint density at radius 1 is 1.60 bits per heavy atom. The number of amides is 1. The van der Waals surface area contributed by atoms with Gasteiger partial charge in [-0.25, -0.2) is 4.39 Å². The Bertz CT molecular complexity index is 481. The van der Waals surface area contributed by atoms with Crippen molar-refractivity contribution < 1.29 is 19.0 Å². The van der Waals surface area contributed by atoms with E-state index in [1.54, 1.807) is 0 Å². The maximum atomic E-state index is 13.3. The summed E-state index contributed by atoms with van der Waals surface area (Å²) in [4.78, 5) is 12.0. The van der Waals surface area contributed by atoms with Crippen LogP contribution in [-0.4, -0.2) is 43.9 Å². The van der Waals surface area contributed by atoms with Gasteiger partial charge in [-0.05, 0) is 31.2 Å². The van der Waals surface area contributed by atoms with Gasteiger partial charge >= 0.3 is 0 Å². The largest absolute Gasteiger partial charge is 0.494 e. The van der Waals surface area contributed by atoms with Crippen LogP contribution in [0.25, 0.3) is 0 Å². The maximum absolute atomic E-state index is 13.3. The molecule has 0 unspecified atom stereocenters. The van der Waals surface area contributed by atoms with Gasteiger partial charge in [0.25, 0.3) is 5.91 Å². The SMILES string of the molecule is COc1cc(C(=O)NC[C@@H]2CCNC[C@H]2O)ccc1F. The number of carbonyl (C=O) groups is 1. The summed E-state index contributed by atoms with van der Waals surface area (Å²) < 4.78 is 18.1. The number of β-amino-alcohol motifs (C(OH)–C–C–N with tert-alkyl or cyclic N) is 1. The normalized spacial score (nSPS) is 22.4. The number of carbonyl (C=O) groups excluding carboxylic acids is 1. The highest BCUT2D eigenvalue weighted by Crippen LogP contribution is 2.18. The summed E-state index contributed by atoms with van der Waals surface area (Å²) in [6.07, 6.45) is 0.362. The first-order chi connectivity index (χ1) is 9.61. The Hall–Kier alpha value is -1.66. The predicted molar refractivity (Wildman–Crippen MR) is 72.3 cm³/mol. The third kappa shape index (κ3) is 3.46. The van der Waals surface area contributed by atoms with E-state index >= 15 is 0 Å². The van der Waals surface area contributed by atoms with Crippen LogP contribution in [0.4, 0.5) is 4.39 Å². The molecule has 0 aromatic heterocycles. The van der Waals surface area contributed by atoms with Crippen LogP contribution >= 0.6 is 0 Å². The smallest absolute Gasteiger partial charge is 0.251 e. The second-order valence-electron chi connectivity index (χ2n) is 4.88. The molecule has 1 aromatic carbocycles. The molecule has 1 aromatic rings. The van der Waals surface area contributed by atoms with Gasteiger partial charge in [0.15, 0.2) is 11.6 Å². The Kier molecular flexibility index (Phi) is 4.92. The number of piperidine rings is 1. The Balaban J connectivity index is 1.94. The highest BCUT2D eigenvalue weighted by atomic mass is 19.1. The minimum Gasteiger partial charge on any atom is -0.494 e. The van der Waals surface area contributed by atoms with E-state index in [0.717, 1.165) is 13.0 Å². The lowest BCUT2D eigenvalue weighted by atomic mass is 9.95. The summed E-state index contributed by atoms with van der Waals surface area (Å²) in [5, 5.41) is 15.6. The zero-order valence-electron chi connectivity index (χ0n) is 11.4. The van der Waals surface area contributed by atoms with Crippen LogP contribution in [0.15, 0.2) is 18.2 Å². The van der Waals surface area contributed by atoms with Crippen LogP contribution in [0, 0.1) is 11.7 Å². The van der Waals surface area contributed by atoms with E-state index in [1.807, 2.05) is 0 Å². The van der Waals surface area contributed by atoms with E-state index in [2.05, 4.69) is 10.6 Å². The lowest BCUT2D eigenvalue weighted by Crippen LogP contribution is -2.45. The molecule has 0 spiro atoms. The van der Waals surface area contributed by atoms with E-state index in [0.29, 0.717) is 18.7 Å². The van der Waals surface area contributed by atoms with Crippen molar-refractivity contribution >= 4 is 5.91 Å². The average molecular weight is 282 g/mol. The molecule has 2 atom stereocenters. The first-order valence-corrected chi connectivity index (χ1v) is 6.62. The topological polar surface area (TPSA) is 70.6 Å². The molecule has 110 valence electrons. The minimum atomic E-state index is -0.502. The van der Waals surface area contributed by atoms with Crippen molar-refractivity contribution in [3.63, 3.8) is 0 Å². The van der Waals surface area contributed by atoms with Gasteiger partial charge in [0.2, 0.25) is 0 Å². The van der Waals surface area contributed by atoms with Gasteiger partial charge in [0, 0.05) is 24.6 Å². The van der Waals surface area contributed by atoms with E-state index in [9.17, 15) is 14.3 Å². The molecule has 1 amide bonds. The first kappa shape index (κ1) is 14.7. The number of halogens is 1. The van der Waals surface area contributed by atoms with Gasteiger partial charge in [-0.3, -0.25) is 4.79 Å². The molecule has 6 heteroatoms. The lowest BCUT2D eigenvalue weighted by molar-refractivity contribution is 0.0753. The van der Waals surface area contributed by atoms with Crippen LogP contribution in [0.5, 0.6) is 5.75 Å². The van der Waals surface area contributed by atoms with Crippen LogP contribution < -0.4 is 15.4 Å². The number of rotatable bonds is 4. The number of aliphatic hydroxyl groups is 1. The molecule has 1 heterocycles. The lowest BCUT2D eigenvalue weighted by Gasteiger charge is -2.28. The molecular weight excluding hydrogens is 263 g/mol. The Morgan fingerprint density at radius 3 is 3.10 bits per heavy atom. The van der Waals surface area contributed by atoms with Crippen LogP contribution in [0.3, 0.4) is 0 Å². The second-order valence-corrected chi connectivity index (χ2v) is 4.88. The van der Waals surface area contributed by atoms with Crippen LogP contribution in [0.2, 0.25) is 0 Å².